The summed E-state index contributed by atoms with van der Waals surface area (Å²) in [4.78, 5) is 18.3. The van der Waals surface area contributed by atoms with Crippen LogP contribution in [0.15, 0.2) is 87.9 Å². The van der Waals surface area contributed by atoms with Crippen LogP contribution in [0.5, 0.6) is 0 Å². The molecule has 7 nitrogen and oxygen atoms in total. The van der Waals surface area contributed by atoms with E-state index < -0.39 is 0 Å². The molecule has 0 bridgehead atoms. The summed E-state index contributed by atoms with van der Waals surface area (Å²) < 4.78 is 3.28. The molecular weight excluding hydrogens is 408 g/mol. The largest absolute Gasteiger partial charge is 0.268 e. The standard InChI is InChI=1S/C23H18N6OS/c1-15-12-13-20(16(2)14-15)28-21(30)18-10-6-7-11-19(18)24-22(28)31-23-25-26-27-29(23)17-8-4-3-5-9-17/h3-14H,1-2H3. The molecule has 5 aromatic rings. The van der Waals surface area contributed by atoms with Crippen molar-refractivity contribution >= 4 is 22.7 Å². The maximum Gasteiger partial charge on any atom is 0.266 e. The Morgan fingerprint density at radius 1 is 0.871 bits per heavy atom. The van der Waals surface area contributed by atoms with Gasteiger partial charge in [-0.1, -0.05) is 48.0 Å². The average Bonchev–Trinajstić information content (AvgIpc) is 3.24. The molecule has 2 aromatic heterocycles. The van der Waals surface area contributed by atoms with E-state index in [1.165, 1.54) is 11.8 Å². The molecule has 5 rings (SSSR count). The van der Waals surface area contributed by atoms with Gasteiger partial charge >= 0.3 is 0 Å². The van der Waals surface area contributed by atoms with Crippen LogP contribution in [-0.2, 0) is 0 Å². The molecule has 0 aliphatic rings. The lowest BCUT2D eigenvalue weighted by molar-refractivity contribution is 0.750. The SMILES string of the molecule is Cc1ccc(-n2c(Sc3nnnn3-c3ccccc3)nc3ccccc3c2=O)c(C)c1. The third-order valence-electron chi connectivity index (χ3n) is 4.96. The number of tetrazole rings is 1. The van der Waals surface area contributed by atoms with E-state index in [2.05, 4.69) is 21.6 Å². The molecule has 0 atom stereocenters. The predicted molar refractivity (Wildman–Crippen MR) is 120 cm³/mol. The lowest BCUT2D eigenvalue weighted by atomic mass is 10.1. The first-order valence-corrected chi connectivity index (χ1v) is 10.5. The number of aromatic nitrogens is 6. The number of rotatable bonds is 4. The summed E-state index contributed by atoms with van der Waals surface area (Å²) in [6.45, 7) is 4.02. The predicted octanol–water partition coefficient (Wildman–Crippen LogP) is 4.13. The summed E-state index contributed by atoms with van der Waals surface area (Å²) in [5.41, 5.74) is 4.24. The van der Waals surface area contributed by atoms with Gasteiger partial charge in [0.25, 0.3) is 5.56 Å². The maximum atomic E-state index is 13.5. The number of hydrogen-bond donors (Lipinski definition) is 0. The van der Waals surface area contributed by atoms with Crippen LogP contribution < -0.4 is 5.56 Å². The Bertz CT molecular complexity index is 1460. The molecule has 2 heterocycles. The lowest BCUT2D eigenvalue weighted by Crippen LogP contribution is -2.22. The van der Waals surface area contributed by atoms with Gasteiger partial charge in [0.2, 0.25) is 5.16 Å². The second-order valence-electron chi connectivity index (χ2n) is 7.15. The second-order valence-corrected chi connectivity index (χ2v) is 8.09. The topological polar surface area (TPSA) is 78.5 Å². The van der Waals surface area contributed by atoms with Gasteiger partial charge in [0.15, 0.2) is 5.16 Å². The molecule has 0 spiro atoms. The van der Waals surface area contributed by atoms with Crippen LogP contribution in [0.4, 0.5) is 0 Å². The fraction of sp³-hybridized carbons (Fsp3) is 0.0870. The van der Waals surface area contributed by atoms with Crippen molar-refractivity contribution in [2.24, 2.45) is 0 Å². The van der Waals surface area contributed by atoms with Gasteiger partial charge in [0.1, 0.15) is 0 Å². The number of benzene rings is 3. The highest BCUT2D eigenvalue weighted by Crippen LogP contribution is 2.29. The summed E-state index contributed by atoms with van der Waals surface area (Å²) in [6, 6.07) is 23.0. The number of para-hydroxylation sites is 2. The molecule has 0 aliphatic heterocycles. The highest BCUT2D eigenvalue weighted by molar-refractivity contribution is 7.99. The van der Waals surface area contributed by atoms with Crippen molar-refractivity contribution in [2.45, 2.75) is 24.2 Å². The van der Waals surface area contributed by atoms with Crippen molar-refractivity contribution in [2.75, 3.05) is 0 Å². The Morgan fingerprint density at radius 2 is 1.65 bits per heavy atom. The van der Waals surface area contributed by atoms with E-state index in [4.69, 9.17) is 4.98 Å². The van der Waals surface area contributed by atoms with Crippen LogP contribution >= 0.6 is 11.8 Å². The van der Waals surface area contributed by atoms with E-state index in [1.54, 1.807) is 15.3 Å². The molecule has 31 heavy (non-hydrogen) atoms. The Labute approximate surface area is 182 Å². The minimum Gasteiger partial charge on any atom is -0.268 e. The minimum atomic E-state index is -0.126. The first-order valence-electron chi connectivity index (χ1n) is 9.73. The van der Waals surface area contributed by atoms with Gasteiger partial charge in [-0.3, -0.25) is 9.36 Å². The highest BCUT2D eigenvalue weighted by Gasteiger charge is 2.19. The van der Waals surface area contributed by atoms with Crippen LogP contribution in [0.2, 0.25) is 0 Å². The van der Waals surface area contributed by atoms with Gasteiger partial charge in [-0.05, 0) is 71.9 Å². The zero-order valence-corrected chi connectivity index (χ0v) is 17.7. The van der Waals surface area contributed by atoms with Crippen molar-refractivity contribution in [3.8, 4) is 11.4 Å². The number of nitrogens with zero attached hydrogens (tertiary/aromatic N) is 6. The van der Waals surface area contributed by atoms with E-state index in [0.29, 0.717) is 21.2 Å². The molecule has 0 aliphatic carbocycles. The van der Waals surface area contributed by atoms with E-state index in [9.17, 15) is 4.79 Å². The van der Waals surface area contributed by atoms with Crippen molar-refractivity contribution in [1.29, 1.82) is 0 Å². The van der Waals surface area contributed by atoms with Crippen LogP contribution in [0.3, 0.4) is 0 Å². The number of fused-ring (bicyclic) bond motifs is 1. The first-order chi connectivity index (χ1) is 15.1. The van der Waals surface area contributed by atoms with Gasteiger partial charge in [0, 0.05) is 0 Å². The molecule has 0 radical (unpaired) electrons. The quantitative estimate of drug-likeness (QED) is 0.402. The average molecular weight is 427 g/mol. The molecule has 0 unspecified atom stereocenters. The van der Waals surface area contributed by atoms with Gasteiger partial charge in [-0.2, -0.15) is 4.68 Å². The fourth-order valence-electron chi connectivity index (χ4n) is 3.50. The number of aryl methyl sites for hydroxylation is 2. The molecule has 0 amide bonds. The van der Waals surface area contributed by atoms with Crippen molar-refractivity contribution in [3.05, 3.63) is 94.3 Å². The van der Waals surface area contributed by atoms with Gasteiger partial charge in [0.05, 0.1) is 22.3 Å². The van der Waals surface area contributed by atoms with E-state index in [-0.39, 0.29) is 5.56 Å². The molecule has 0 saturated carbocycles. The molecule has 3 aromatic carbocycles. The normalized spacial score (nSPS) is 11.2. The highest BCUT2D eigenvalue weighted by atomic mass is 32.2. The molecule has 8 heteroatoms. The Morgan fingerprint density at radius 3 is 2.45 bits per heavy atom. The smallest absolute Gasteiger partial charge is 0.266 e. The van der Waals surface area contributed by atoms with Crippen molar-refractivity contribution in [1.82, 2.24) is 29.8 Å². The Kier molecular flexibility index (Phi) is 4.83. The van der Waals surface area contributed by atoms with Crippen LogP contribution in [0, 0.1) is 13.8 Å². The Balaban J connectivity index is 1.73. The lowest BCUT2D eigenvalue weighted by Gasteiger charge is -2.15. The minimum absolute atomic E-state index is 0.126. The van der Waals surface area contributed by atoms with E-state index >= 15 is 0 Å². The van der Waals surface area contributed by atoms with Crippen LogP contribution in [-0.4, -0.2) is 29.8 Å². The van der Waals surface area contributed by atoms with Crippen LogP contribution in [0.1, 0.15) is 11.1 Å². The van der Waals surface area contributed by atoms with Crippen molar-refractivity contribution in [3.63, 3.8) is 0 Å². The third kappa shape index (κ3) is 3.51. The van der Waals surface area contributed by atoms with E-state index in [1.807, 2.05) is 74.5 Å². The van der Waals surface area contributed by atoms with Gasteiger partial charge < -0.3 is 0 Å². The molecule has 0 N–H and O–H groups in total. The zero-order chi connectivity index (χ0) is 21.4. The summed E-state index contributed by atoms with van der Waals surface area (Å²) in [5, 5.41) is 13.7. The number of hydrogen-bond acceptors (Lipinski definition) is 6. The van der Waals surface area contributed by atoms with E-state index in [0.717, 1.165) is 22.5 Å². The fourth-order valence-corrected chi connectivity index (χ4v) is 4.39. The first kappa shape index (κ1) is 19.2. The summed E-state index contributed by atoms with van der Waals surface area (Å²) in [7, 11) is 0. The second kappa shape index (κ2) is 7.81. The molecule has 0 fully saturated rings. The third-order valence-corrected chi connectivity index (χ3v) is 5.86. The zero-order valence-electron chi connectivity index (χ0n) is 16.9. The summed E-state index contributed by atoms with van der Waals surface area (Å²) in [5.74, 6) is 0. The molecule has 0 saturated heterocycles. The molecular formula is C23H18N6OS. The summed E-state index contributed by atoms with van der Waals surface area (Å²) >= 11 is 1.26. The molecule has 152 valence electrons. The monoisotopic (exact) mass is 426 g/mol. The maximum absolute atomic E-state index is 13.5. The van der Waals surface area contributed by atoms with Gasteiger partial charge in [-0.15, -0.1) is 5.10 Å². The van der Waals surface area contributed by atoms with Gasteiger partial charge in [-0.25, -0.2) is 4.98 Å². The van der Waals surface area contributed by atoms with Crippen LogP contribution in [0.25, 0.3) is 22.3 Å². The Hall–Kier alpha value is -3.78. The summed E-state index contributed by atoms with van der Waals surface area (Å²) in [6.07, 6.45) is 0. The van der Waals surface area contributed by atoms with Crippen molar-refractivity contribution < 1.29 is 0 Å².